The van der Waals surface area contributed by atoms with E-state index in [9.17, 15) is 4.79 Å². The highest BCUT2D eigenvalue weighted by molar-refractivity contribution is 5.95. The number of Topliss-reactive ketones (excluding diaryl/α,β-unsaturated/α-hetero) is 1. The fourth-order valence-corrected chi connectivity index (χ4v) is 1.36. The number of carbonyl (C=O) groups is 1. The van der Waals surface area contributed by atoms with Crippen LogP contribution in [0.3, 0.4) is 0 Å². The van der Waals surface area contributed by atoms with Gasteiger partial charge < -0.3 is 4.57 Å². The van der Waals surface area contributed by atoms with Crippen molar-refractivity contribution in [2.75, 3.05) is 0 Å². The van der Waals surface area contributed by atoms with E-state index in [-0.39, 0.29) is 11.7 Å². The molecular weight excluding hydrogens is 154 g/mol. The van der Waals surface area contributed by atoms with E-state index >= 15 is 0 Å². The van der Waals surface area contributed by atoms with Gasteiger partial charge in [-0.1, -0.05) is 6.42 Å². The van der Waals surface area contributed by atoms with E-state index in [0.717, 1.165) is 12.8 Å². The Morgan fingerprint density at radius 2 is 2.42 bits per heavy atom. The highest BCUT2D eigenvalue weighted by Crippen LogP contribution is 2.28. The van der Waals surface area contributed by atoms with Gasteiger partial charge in [0.15, 0.2) is 5.82 Å². The number of carbonyl (C=O) groups excluding carboxylic acids is 1. The zero-order valence-corrected chi connectivity index (χ0v) is 7.03. The third kappa shape index (κ3) is 1.03. The molecule has 0 unspecified atom stereocenters. The zero-order chi connectivity index (χ0) is 8.55. The number of nitrogens with zero attached hydrogens (tertiary/aromatic N) is 3. The van der Waals surface area contributed by atoms with Crippen LogP contribution in [0.15, 0.2) is 6.33 Å². The molecule has 0 amide bonds. The van der Waals surface area contributed by atoms with Crippen molar-refractivity contribution in [1.82, 2.24) is 14.8 Å². The quantitative estimate of drug-likeness (QED) is 0.609. The van der Waals surface area contributed by atoms with Crippen molar-refractivity contribution in [3.05, 3.63) is 12.2 Å². The second kappa shape index (κ2) is 2.69. The molecule has 2 rings (SSSR count). The minimum atomic E-state index is 0.154. The Morgan fingerprint density at radius 3 is 2.83 bits per heavy atom. The molecule has 0 atom stereocenters. The maximum Gasteiger partial charge on any atom is 0.203 e. The summed E-state index contributed by atoms with van der Waals surface area (Å²) in [6, 6.07) is 0. The van der Waals surface area contributed by atoms with Gasteiger partial charge in [0, 0.05) is 13.0 Å². The lowest BCUT2D eigenvalue weighted by atomic mass is 9.82. The molecule has 0 aliphatic heterocycles. The Morgan fingerprint density at radius 1 is 1.67 bits per heavy atom. The standard InChI is InChI=1S/C8H11N3O/c1-11-5-9-10-8(11)7(12)6-3-2-4-6/h5-6H,2-4H2,1H3. The van der Waals surface area contributed by atoms with Crippen LogP contribution in [0, 0.1) is 5.92 Å². The smallest absolute Gasteiger partial charge is 0.203 e. The Labute approximate surface area is 70.6 Å². The normalized spacial score (nSPS) is 17.4. The highest BCUT2D eigenvalue weighted by atomic mass is 16.1. The van der Waals surface area contributed by atoms with Crippen LogP contribution in [0.5, 0.6) is 0 Å². The molecule has 0 radical (unpaired) electrons. The minimum Gasteiger partial charge on any atom is -0.314 e. The third-order valence-electron chi connectivity index (χ3n) is 2.41. The summed E-state index contributed by atoms with van der Waals surface area (Å²) >= 11 is 0. The molecule has 0 N–H and O–H groups in total. The van der Waals surface area contributed by atoms with E-state index < -0.39 is 0 Å². The van der Waals surface area contributed by atoms with Gasteiger partial charge >= 0.3 is 0 Å². The van der Waals surface area contributed by atoms with E-state index in [2.05, 4.69) is 10.2 Å². The highest BCUT2D eigenvalue weighted by Gasteiger charge is 2.28. The predicted molar refractivity (Wildman–Crippen MR) is 42.7 cm³/mol. The summed E-state index contributed by atoms with van der Waals surface area (Å²) < 4.78 is 1.68. The van der Waals surface area contributed by atoms with Crippen molar-refractivity contribution < 1.29 is 4.79 Å². The van der Waals surface area contributed by atoms with Gasteiger partial charge in [0.2, 0.25) is 5.78 Å². The minimum absolute atomic E-state index is 0.154. The molecule has 4 nitrogen and oxygen atoms in total. The van der Waals surface area contributed by atoms with Crippen LogP contribution in [0.2, 0.25) is 0 Å². The monoisotopic (exact) mass is 165 g/mol. The van der Waals surface area contributed by atoms with Crippen molar-refractivity contribution in [2.24, 2.45) is 13.0 Å². The first-order chi connectivity index (χ1) is 5.79. The summed E-state index contributed by atoms with van der Waals surface area (Å²) in [4.78, 5) is 11.6. The number of hydrogen-bond acceptors (Lipinski definition) is 3. The molecule has 1 aromatic heterocycles. The van der Waals surface area contributed by atoms with Crippen molar-refractivity contribution in [1.29, 1.82) is 0 Å². The molecule has 1 saturated carbocycles. The van der Waals surface area contributed by atoms with Crippen molar-refractivity contribution in [2.45, 2.75) is 19.3 Å². The van der Waals surface area contributed by atoms with Crippen LogP contribution in [-0.4, -0.2) is 20.5 Å². The van der Waals surface area contributed by atoms with E-state index in [0.29, 0.717) is 5.82 Å². The number of aryl methyl sites for hydroxylation is 1. The number of ketones is 1. The van der Waals surface area contributed by atoms with Crippen molar-refractivity contribution >= 4 is 5.78 Å². The van der Waals surface area contributed by atoms with Crippen LogP contribution >= 0.6 is 0 Å². The summed E-state index contributed by atoms with van der Waals surface area (Å²) in [6.07, 6.45) is 4.78. The van der Waals surface area contributed by atoms with Gasteiger partial charge in [-0.15, -0.1) is 10.2 Å². The summed E-state index contributed by atoms with van der Waals surface area (Å²) in [5, 5.41) is 7.46. The topological polar surface area (TPSA) is 47.8 Å². The fourth-order valence-electron chi connectivity index (χ4n) is 1.36. The number of rotatable bonds is 2. The van der Waals surface area contributed by atoms with Crippen LogP contribution in [0.4, 0.5) is 0 Å². The van der Waals surface area contributed by atoms with E-state index in [1.807, 2.05) is 0 Å². The lowest BCUT2D eigenvalue weighted by Crippen LogP contribution is -2.24. The predicted octanol–water partition coefficient (Wildman–Crippen LogP) is 0.798. The van der Waals surface area contributed by atoms with E-state index in [4.69, 9.17) is 0 Å². The van der Waals surface area contributed by atoms with Gasteiger partial charge in [-0.2, -0.15) is 0 Å². The lowest BCUT2D eigenvalue weighted by molar-refractivity contribution is 0.0840. The molecule has 12 heavy (non-hydrogen) atoms. The molecular formula is C8H11N3O. The summed E-state index contributed by atoms with van der Waals surface area (Å²) in [5.41, 5.74) is 0. The molecule has 1 aromatic rings. The zero-order valence-electron chi connectivity index (χ0n) is 7.03. The second-order valence-electron chi connectivity index (χ2n) is 3.26. The van der Waals surface area contributed by atoms with Gasteiger partial charge in [0.1, 0.15) is 6.33 Å². The molecule has 1 fully saturated rings. The maximum atomic E-state index is 11.6. The molecule has 1 aliphatic carbocycles. The van der Waals surface area contributed by atoms with Gasteiger partial charge in [-0.3, -0.25) is 4.79 Å². The fraction of sp³-hybridized carbons (Fsp3) is 0.625. The molecule has 1 heterocycles. The Bertz CT molecular complexity index is 301. The largest absolute Gasteiger partial charge is 0.314 e. The molecule has 64 valence electrons. The first kappa shape index (κ1) is 7.46. The average molecular weight is 165 g/mol. The molecule has 0 spiro atoms. The lowest BCUT2D eigenvalue weighted by Gasteiger charge is -2.22. The van der Waals surface area contributed by atoms with Gasteiger partial charge in [0.25, 0.3) is 0 Å². The first-order valence-electron chi connectivity index (χ1n) is 4.17. The Balaban J connectivity index is 2.19. The number of aromatic nitrogens is 3. The Hall–Kier alpha value is -1.19. The van der Waals surface area contributed by atoms with Crippen LogP contribution in [0.25, 0.3) is 0 Å². The molecule has 1 aliphatic rings. The van der Waals surface area contributed by atoms with Gasteiger partial charge in [-0.25, -0.2) is 0 Å². The maximum absolute atomic E-state index is 11.6. The number of hydrogen-bond donors (Lipinski definition) is 0. The van der Waals surface area contributed by atoms with Crippen LogP contribution < -0.4 is 0 Å². The average Bonchev–Trinajstić information content (AvgIpc) is 2.31. The van der Waals surface area contributed by atoms with Gasteiger partial charge in [-0.05, 0) is 12.8 Å². The summed E-state index contributed by atoms with van der Waals surface area (Å²) in [5.74, 6) is 0.869. The first-order valence-corrected chi connectivity index (χ1v) is 4.17. The van der Waals surface area contributed by atoms with Crippen LogP contribution in [0.1, 0.15) is 29.9 Å². The molecule has 0 saturated heterocycles. The summed E-state index contributed by atoms with van der Waals surface area (Å²) in [6.45, 7) is 0. The van der Waals surface area contributed by atoms with E-state index in [1.54, 1.807) is 17.9 Å². The second-order valence-corrected chi connectivity index (χ2v) is 3.26. The SMILES string of the molecule is Cn1cnnc1C(=O)C1CCC1. The molecule has 0 bridgehead atoms. The van der Waals surface area contributed by atoms with Crippen LogP contribution in [-0.2, 0) is 7.05 Å². The van der Waals surface area contributed by atoms with Crippen molar-refractivity contribution in [3.8, 4) is 0 Å². The Kier molecular flexibility index (Phi) is 1.67. The van der Waals surface area contributed by atoms with Gasteiger partial charge in [0.05, 0.1) is 0 Å². The third-order valence-corrected chi connectivity index (χ3v) is 2.41. The summed E-state index contributed by atoms with van der Waals surface area (Å²) in [7, 11) is 1.80. The molecule has 4 heteroatoms. The van der Waals surface area contributed by atoms with E-state index in [1.165, 1.54) is 6.42 Å². The molecule has 0 aromatic carbocycles. The van der Waals surface area contributed by atoms with Crippen molar-refractivity contribution in [3.63, 3.8) is 0 Å².